The Morgan fingerprint density at radius 2 is 1.70 bits per heavy atom. The monoisotopic (exact) mass is 364 g/mol. The van der Waals surface area contributed by atoms with Gasteiger partial charge in [-0.15, -0.1) is 0 Å². The van der Waals surface area contributed by atoms with Crippen LogP contribution in [0.25, 0.3) is 6.08 Å². The normalized spacial score (nSPS) is 19.0. The zero-order valence-corrected chi connectivity index (χ0v) is 15.0. The largest absolute Gasteiger partial charge is 0.368 e. The molecule has 2 saturated heterocycles. The van der Waals surface area contributed by atoms with E-state index in [0.29, 0.717) is 11.6 Å². The van der Waals surface area contributed by atoms with Gasteiger partial charge in [0.05, 0.1) is 5.69 Å². The van der Waals surface area contributed by atoms with Crippen LogP contribution in [0.2, 0.25) is 0 Å². The summed E-state index contributed by atoms with van der Waals surface area (Å²) in [6.07, 6.45) is 3.28. The van der Waals surface area contributed by atoms with Crippen molar-refractivity contribution in [3.8, 4) is 0 Å². The van der Waals surface area contributed by atoms with Crippen molar-refractivity contribution in [2.45, 2.75) is 0 Å². The molecule has 1 aromatic carbocycles. The number of anilines is 2. The van der Waals surface area contributed by atoms with Gasteiger partial charge in [0.2, 0.25) is 5.95 Å². The van der Waals surface area contributed by atoms with E-state index in [-0.39, 0.29) is 5.70 Å². The van der Waals surface area contributed by atoms with E-state index in [9.17, 15) is 9.59 Å². The number of imide groups is 1. The molecular weight excluding hydrogens is 344 g/mol. The van der Waals surface area contributed by atoms with Crippen molar-refractivity contribution in [2.75, 3.05) is 43.0 Å². The summed E-state index contributed by atoms with van der Waals surface area (Å²) in [5, 5.41) is 2.26. The standard InChI is InChI=1S/C19H20N6O2/c1-23-16(17(26)22-19(23)27)13-14-7-8-20-18(21-14)25-11-9-24(10-12-25)15-5-3-2-4-6-15/h2-8,13H,9-12H2,1H3,(H,22,26,27). The lowest BCUT2D eigenvalue weighted by atomic mass is 10.2. The zero-order chi connectivity index (χ0) is 18.8. The smallest absolute Gasteiger partial charge is 0.328 e. The second-order valence-electron chi connectivity index (χ2n) is 6.44. The van der Waals surface area contributed by atoms with E-state index >= 15 is 0 Å². The minimum atomic E-state index is -0.433. The molecule has 2 aliphatic heterocycles. The van der Waals surface area contributed by atoms with Crippen molar-refractivity contribution in [3.63, 3.8) is 0 Å². The molecule has 0 atom stereocenters. The van der Waals surface area contributed by atoms with Gasteiger partial charge in [-0.25, -0.2) is 14.8 Å². The number of hydrogen-bond donors (Lipinski definition) is 1. The van der Waals surface area contributed by atoms with Crippen LogP contribution in [-0.4, -0.2) is 60.0 Å². The summed E-state index contributed by atoms with van der Waals surface area (Å²) in [5.74, 6) is 0.212. The quantitative estimate of drug-likeness (QED) is 0.654. The van der Waals surface area contributed by atoms with Crippen LogP contribution in [0.1, 0.15) is 5.69 Å². The van der Waals surface area contributed by atoms with Crippen LogP contribution in [0, 0.1) is 0 Å². The minimum absolute atomic E-state index is 0.276. The summed E-state index contributed by atoms with van der Waals surface area (Å²) < 4.78 is 0. The topological polar surface area (TPSA) is 81.7 Å². The lowest BCUT2D eigenvalue weighted by Crippen LogP contribution is -2.47. The van der Waals surface area contributed by atoms with E-state index in [2.05, 4.69) is 37.2 Å². The number of hydrogen-bond acceptors (Lipinski definition) is 6. The minimum Gasteiger partial charge on any atom is -0.368 e. The molecule has 0 spiro atoms. The van der Waals surface area contributed by atoms with Gasteiger partial charge in [0.1, 0.15) is 5.70 Å². The summed E-state index contributed by atoms with van der Waals surface area (Å²) in [6.45, 7) is 3.40. The van der Waals surface area contributed by atoms with Crippen molar-refractivity contribution in [1.29, 1.82) is 0 Å². The Morgan fingerprint density at radius 1 is 1.00 bits per heavy atom. The number of aromatic nitrogens is 2. The summed E-state index contributed by atoms with van der Waals surface area (Å²) in [7, 11) is 1.55. The molecule has 0 aliphatic carbocycles. The Labute approximate surface area is 157 Å². The highest BCUT2D eigenvalue weighted by molar-refractivity contribution is 6.13. The van der Waals surface area contributed by atoms with Crippen molar-refractivity contribution < 1.29 is 9.59 Å². The van der Waals surface area contributed by atoms with Gasteiger partial charge < -0.3 is 9.80 Å². The zero-order valence-electron chi connectivity index (χ0n) is 15.0. The average Bonchev–Trinajstić information content (AvgIpc) is 2.95. The second kappa shape index (κ2) is 7.06. The maximum atomic E-state index is 11.9. The molecule has 138 valence electrons. The van der Waals surface area contributed by atoms with Gasteiger partial charge in [-0.05, 0) is 24.3 Å². The highest BCUT2D eigenvalue weighted by Gasteiger charge is 2.29. The average molecular weight is 364 g/mol. The molecule has 3 amide bonds. The number of carbonyl (C=O) groups excluding carboxylic acids is 2. The Kier molecular flexibility index (Phi) is 4.45. The van der Waals surface area contributed by atoms with Crippen LogP contribution in [0.4, 0.5) is 16.4 Å². The highest BCUT2D eigenvalue weighted by Crippen LogP contribution is 2.19. The van der Waals surface area contributed by atoms with E-state index in [0.717, 1.165) is 26.2 Å². The number of nitrogens with one attached hydrogen (secondary N) is 1. The summed E-state index contributed by atoms with van der Waals surface area (Å²) in [4.78, 5) is 38.1. The molecule has 0 radical (unpaired) electrons. The Balaban J connectivity index is 1.48. The molecule has 2 aliphatic rings. The third-order valence-corrected chi connectivity index (χ3v) is 4.75. The second-order valence-corrected chi connectivity index (χ2v) is 6.44. The first-order valence-corrected chi connectivity index (χ1v) is 8.80. The maximum Gasteiger partial charge on any atom is 0.328 e. The number of carbonyl (C=O) groups is 2. The molecule has 3 heterocycles. The molecule has 0 saturated carbocycles. The molecule has 2 aromatic rings. The van der Waals surface area contributed by atoms with Crippen molar-refractivity contribution in [1.82, 2.24) is 20.2 Å². The molecule has 4 rings (SSSR count). The predicted molar refractivity (Wildman–Crippen MR) is 102 cm³/mol. The van der Waals surface area contributed by atoms with E-state index in [1.165, 1.54) is 10.6 Å². The number of para-hydroxylation sites is 1. The number of likely N-dealkylation sites (N-methyl/N-ethyl adjacent to an activating group) is 1. The lowest BCUT2D eigenvalue weighted by Gasteiger charge is -2.36. The van der Waals surface area contributed by atoms with Crippen LogP contribution in [-0.2, 0) is 4.79 Å². The molecule has 27 heavy (non-hydrogen) atoms. The third kappa shape index (κ3) is 3.46. The van der Waals surface area contributed by atoms with E-state index < -0.39 is 11.9 Å². The highest BCUT2D eigenvalue weighted by atomic mass is 16.2. The molecular formula is C19H20N6O2. The summed E-state index contributed by atoms with van der Waals surface area (Å²) >= 11 is 0. The lowest BCUT2D eigenvalue weighted by molar-refractivity contribution is -0.115. The molecule has 2 fully saturated rings. The number of benzene rings is 1. The number of rotatable bonds is 3. The predicted octanol–water partition coefficient (Wildman–Crippen LogP) is 1.33. The Bertz CT molecular complexity index is 890. The van der Waals surface area contributed by atoms with Gasteiger partial charge >= 0.3 is 6.03 Å². The van der Waals surface area contributed by atoms with Crippen molar-refractivity contribution in [3.05, 3.63) is 54.0 Å². The molecule has 8 nitrogen and oxygen atoms in total. The summed E-state index contributed by atoms with van der Waals surface area (Å²) in [5.41, 5.74) is 2.09. The molecule has 8 heteroatoms. The van der Waals surface area contributed by atoms with Gasteiger partial charge in [0, 0.05) is 45.1 Å². The number of piperazine rings is 1. The third-order valence-electron chi connectivity index (χ3n) is 4.75. The fraction of sp³-hybridized carbons (Fsp3) is 0.263. The van der Waals surface area contributed by atoms with Crippen LogP contribution in [0.3, 0.4) is 0 Å². The van der Waals surface area contributed by atoms with E-state index in [1.807, 2.05) is 18.2 Å². The fourth-order valence-electron chi connectivity index (χ4n) is 3.21. The Hall–Kier alpha value is -3.42. The molecule has 1 N–H and O–H groups in total. The Morgan fingerprint density at radius 3 is 2.37 bits per heavy atom. The number of amides is 3. The van der Waals surface area contributed by atoms with E-state index in [1.54, 1.807) is 25.4 Å². The van der Waals surface area contributed by atoms with Gasteiger partial charge in [-0.2, -0.15) is 0 Å². The fourth-order valence-corrected chi connectivity index (χ4v) is 3.21. The van der Waals surface area contributed by atoms with Crippen molar-refractivity contribution in [2.24, 2.45) is 0 Å². The van der Waals surface area contributed by atoms with Gasteiger partial charge in [-0.3, -0.25) is 15.0 Å². The first-order chi connectivity index (χ1) is 13.1. The molecule has 1 aromatic heterocycles. The van der Waals surface area contributed by atoms with Gasteiger partial charge in [0.25, 0.3) is 5.91 Å². The summed E-state index contributed by atoms with van der Waals surface area (Å²) in [6, 6.07) is 11.6. The van der Waals surface area contributed by atoms with Crippen LogP contribution in [0.5, 0.6) is 0 Å². The van der Waals surface area contributed by atoms with Crippen LogP contribution in [0.15, 0.2) is 48.3 Å². The van der Waals surface area contributed by atoms with Gasteiger partial charge in [0.15, 0.2) is 0 Å². The molecule has 0 bridgehead atoms. The number of nitrogens with zero attached hydrogens (tertiary/aromatic N) is 5. The van der Waals surface area contributed by atoms with Crippen LogP contribution < -0.4 is 15.1 Å². The molecule has 0 unspecified atom stereocenters. The SMILES string of the molecule is CN1C(=O)NC(=O)C1=Cc1ccnc(N2CCN(c3ccccc3)CC2)n1. The maximum absolute atomic E-state index is 11.9. The van der Waals surface area contributed by atoms with Gasteiger partial charge in [-0.1, -0.05) is 18.2 Å². The first kappa shape index (κ1) is 17.0. The van der Waals surface area contributed by atoms with Crippen LogP contribution >= 0.6 is 0 Å². The van der Waals surface area contributed by atoms with E-state index in [4.69, 9.17) is 0 Å². The first-order valence-electron chi connectivity index (χ1n) is 8.80. The van der Waals surface area contributed by atoms with Crippen molar-refractivity contribution >= 4 is 29.7 Å². The number of urea groups is 1.